The van der Waals surface area contributed by atoms with E-state index < -0.39 is 12.6 Å². The molecular weight excluding hydrogens is 471 g/mol. The van der Waals surface area contributed by atoms with Gasteiger partial charge in [0.15, 0.2) is 0 Å². The number of hydrogen-bond donors (Lipinski definition) is 2. The predicted octanol–water partition coefficient (Wildman–Crippen LogP) is 2.31. The second-order valence-corrected chi connectivity index (χ2v) is 9.92. The Morgan fingerprint density at radius 3 is 2.50 bits per heavy atom. The van der Waals surface area contributed by atoms with E-state index in [1.54, 1.807) is 17.0 Å². The molecule has 176 valence electrons. The van der Waals surface area contributed by atoms with Crippen LogP contribution in [0.1, 0.15) is 22.5 Å². The van der Waals surface area contributed by atoms with Crippen LogP contribution in [0, 0.1) is 0 Å². The van der Waals surface area contributed by atoms with Crippen molar-refractivity contribution in [3.63, 3.8) is 0 Å². The molecule has 2 amide bonds. The lowest BCUT2D eigenvalue weighted by atomic mass is 10.0. The predicted molar refractivity (Wildman–Crippen MR) is 131 cm³/mol. The van der Waals surface area contributed by atoms with E-state index in [0.717, 1.165) is 36.3 Å². The molecule has 32 heavy (non-hydrogen) atoms. The highest BCUT2D eigenvalue weighted by Gasteiger charge is 2.31. The number of piperidine rings is 1. The minimum absolute atomic E-state index is 0. The number of likely N-dealkylation sites (tertiary alicyclic amines) is 1. The van der Waals surface area contributed by atoms with Gasteiger partial charge in [-0.1, -0.05) is 17.7 Å². The van der Waals surface area contributed by atoms with Crippen molar-refractivity contribution in [1.29, 1.82) is 0 Å². The third-order valence-electron chi connectivity index (χ3n) is 6.32. The fraction of sp³-hybridized carbons (Fsp3) is 0.545. The van der Waals surface area contributed by atoms with Crippen LogP contribution in [0.25, 0.3) is 10.1 Å². The highest BCUT2D eigenvalue weighted by atomic mass is 35.5. The first-order chi connectivity index (χ1) is 14.9. The standard InChI is InChI=1S/C22H29ClN4O3S.ClH/c1-25-6-4-17(5-7-25)26-8-10-27(11-9-26)22(30)18(14-28)24-21(29)20-12-15-2-3-16(23)13-19(15)31-20;/h2-3,12-13,17-18,28H,4-11,14H2,1H3,(H,24,29);1H/t18-;/m1./s1. The zero-order valence-corrected chi connectivity index (χ0v) is 20.5. The molecule has 10 heteroatoms. The Morgan fingerprint density at radius 1 is 1.16 bits per heavy atom. The van der Waals surface area contributed by atoms with Crippen molar-refractivity contribution in [2.24, 2.45) is 0 Å². The maximum absolute atomic E-state index is 13.0. The Kier molecular flexibility index (Phi) is 8.77. The van der Waals surface area contributed by atoms with Crippen molar-refractivity contribution in [2.45, 2.75) is 24.9 Å². The molecule has 0 bridgehead atoms. The Labute approximate surface area is 203 Å². The number of amides is 2. The summed E-state index contributed by atoms with van der Waals surface area (Å²) in [5.74, 6) is -0.572. The molecule has 0 spiro atoms. The Morgan fingerprint density at radius 2 is 1.84 bits per heavy atom. The van der Waals surface area contributed by atoms with E-state index in [2.05, 4.69) is 22.2 Å². The average molecular weight is 501 g/mol. The van der Waals surface area contributed by atoms with Crippen molar-refractivity contribution in [1.82, 2.24) is 20.0 Å². The second kappa shape index (κ2) is 11.1. The van der Waals surface area contributed by atoms with E-state index in [0.29, 0.717) is 29.0 Å². The number of hydrogen-bond acceptors (Lipinski definition) is 6. The SMILES string of the molecule is CN1CCC(N2CCN(C(=O)[C@@H](CO)NC(=O)c3cc4ccc(Cl)cc4s3)CC2)CC1.Cl. The van der Waals surface area contributed by atoms with E-state index in [-0.39, 0.29) is 24.2 Å². The normalized spacial score (nSPS) is 19.5. The summed E-state index contributed by atoms with van der Waals surface area (Å²) in [6.07, 6.45) is 2.33. The van der Waals surface area contributed by atoms with Crippen LogP contribution in [0.4, 0.5) is 0 Å². The van der Waals surface area contributed by atoms with Gasteiger partial charge < -0.3 is 20.2 Å². The number of thiophene rings is 1. The lowest BCUT2D eigenvalue weighted by molar-refractivity contribution is -0.136. The van der Waals surface area contributed by atoms with Crippen LogP contribution >= 0.6 is 35.3 Å². The molecule has 4 rings (SSSR count). The number of piperazine rings is 1. The maximum Gasteiger partial charge on any atom is 0.262 e. The first-order valence-electron chi connectivity index (χ1n) is 10.8. The van der Waals surface area contributed by atoms with Crippen LogP contribution in [0.15, 0.2) is 24.3 Å². The highest BCUT2D eigenvalue weighted by molar-refractivity contribution is 7.20. The molecule has 2 aromatic rings. The lowest BCUT2D eigenvalue weighted by Gasteiger charge is -2.42. The van der Waals surface area contributed by atoms with Crippen molar-refractivity contribution >= 4 is 57.2 Å². The summed E-state index contributed by atoms with van der Waals surface area (Å²) >= 11 is 7.35. The van der Waals surface area contributed by atoms with Gasteiger partial charge in [-0.05, 0) is 56.6 Å². The quantitative estimate of drug-likeness (QED) is 0.658. The van der Waals surface area contributed by atoms with Crippen molar-refractivity contribution in [2.75, 3.05) is 52.9 Å². The van der Waals surface area contributed by atoms with E-state index >= 15 is 0 Å². The number of nitrogens with one attached hydrogen (secondary N) is 1. The zero-order chi connectivity index (χ0) is 22.0. The Balaban J connectivity index is 0.00000289. The second-order valence-electron chi connectivity index (χ2n) is 8.40. The van der Waals surface area contributed by atoms with E-state index in [1.165, 1.54) is 24.2 Å². The van der Waals surface area contributed by atoms with Crippen molar-refractivity contribution < 1.29 is 14.7 Å². The summed E-state index contributed by atoms with van der Waals surface area (Å²) in [5.41, 5.74) is 0. The van der Waals surface area contributed by atoms with Crippen LogP contribution in [0.3, 0.4) is 0 Å². The van der Waals surface area contributed by atoms with E-state index in [9.17, 15) is 14.7 Å². The van der Waals surface area contributed by atoms with Crippen molar-refractivity contribution in [3.8, 4) is 0 Å². The molecule has 0 saturated carbocycles. The van der Waals surface area contributed by atoms with Gasteiger partial charge in [0, 0.05) is 41.9 Å². The van der Waals surface area contributed by atoms with Gasteiger partial charge in [-0.2, -0.15) is 0 Å². The molecule has 2 fully saturated rings. The molecule has 1 aromatic heterocycles. The van der Waals surface area contributed by atoms with Gasteiger partial charge in [-0.3, -0.25) is 14.5 Å². The highest BCUT2D eigenvalue weighted by Crippen LogP contribution is 2.28. The molecule has 2 aliphatic rings. The molecule has 3 heterocycles. The molecule has 2 saturated heterocycles. The molecular formula is C22H30Cl2N4O3S. The number of fused-ring (bicyclic) bond motifs is 1. The number of aliphatic hydroxyl groups is 1. The van der Waals surface area contributed by atoms with Crippen LogP contribution in [0.2, 0.25) is 5.02 Å². The van der Waals surface area contributed by atoms with Crippen LogP contribution in [-0.2, 0) is 4.79 Å². The zero-order valence-electron chi connectivity index (χ0n) is 18.1. The number of benzene rings is 1. The van der Waals surface area contributed by atoms with Gasteiger partial charge in [0.2, 0.25) is 5.91 Å². The minimum Gasteiger partial charge on any atom is -0.394 e. The van der Waals surface area contributed by atoms with Crippen LogP contribution < -0.4 is 5.32 Å². The van der Waals surface area contributed by atoms with Crippen molar-refractivity contribution in [3.05, 3.63) is 34.2 Å². The number of carbonyl (C=O) groups is 2. The van der Waals surface area contributed by atoms with E-state index in [1.807, 2.05) is 12.1 Å². The smallest absolute Gasteiger partial charge is 0.262 e. The molecule has 7 nitrogen and oxygen atoms in total. The molecule has 0 unspecified atom stereocenters. The van der Waals surface area contributed by atoms with Gasteiger partial charge in [-0.25, -0.2) is 0 Å². The number of rotatable bonds is 5. The topological polar surface area (TPSA) is 76.1 Å². The van der Waals surface area contributed by atoms with Gasteiger partial charge >= 0.3 is 0 Å². The molecule has 2 aliphatic heterocycles. The first-order valence-corrected chi connectivity index (χ1v) is 12.0. The third-order valence-corrected chi connectivity index (χ3v) is 7.65. The van der Waals surface area contributed by atoms with Gasteiger partial charge in [0.05, 0.1) is 11.5 Å². The summed E-state index contributed by atoms with van der Waals surface area (Å²) in [6, 6.07) is 6.90. The maximum atomic E-state index is 13.0. The van der Waals surface area contributed by atoms with E-state index in [4.69, 9.17) is 11.6 Å². The first kappa shape index (κ1) is 25.2. The number of nitrogens with zero attached hydrogens (tertiary/aromatic N) is 3. The molecule has 2 N–H and O–H groups in total. The fourth-order valence-corrected chi connectivity index (χ4v) is 5.66. The van der Waals surface area contributed by atoms with Crippen LogP contribution in [0.5, 0.6) is 0 Å². The summed E-state index contributed by atoms with van der Waals surface area (Å²) in [6.45, 7) is 4.74. The lowest BCUT2D eigenvalue weighted by Crippen LogP contribution is -2.58. The minimum atomic E-state index is -0.934. The number of aliphatic hydroxyl groups excluding tert-OH is 1. The summed E-state index contributed by atoms with van der Waals surface area (Å²) < 4.78 is 0.912. The number of carbonyl (C=O) groups excluding carboxylic acids is 2. The van der Waals surface area contributed by atoms with Gasteiger partial charge in [0.1, 0.15) is 6.04 Å². The van der Waals surface area contributed by atoms with Crippen LogP contribution in [-0.4, -0.2) is 96.6 Å². The third kappa shape index (κ3) is 5.73. The molecule has 1 aromatic carbocycles. The fourth-order valence-electron chi connectivity index (χ4n) is 4.42. The summed E-state index contributed by atoms with van der Waals surface area (Å²) in [7, 11) is 2.16. The average Bonchev–Trinajstić information content (AvgIpc) is 3.21. The summed E-state index contributed by atoms with van der Waals surface area (Å²) in [5, 5.41) is 14.0. The van der Waals surface area contributed by atoms with Gasteiger partial charge in [0.25, 0.3) is 5.91 Å². The Hall–Kier alpha value is -1.42. The molecule has 1 atom stereocenters. The summed E-state index contributed by atoms with van der Waals surface area (Å²) in [4.78, 5) is 32.8. The Bertz CT molecular complexity index is 940. The molecule has 0 radical (unpaired) electrons. The molecule has 0 aliphatic carbocycles. The monoisotopic (exact) mass is 500 g/mol. The number of halogens is 2. The largest absolute Gasteiger partial charge is 0.394 e. The van der Waals surface area contributed by atoms with Gasteiger partial charge in [-0.15, -0.1) is 23.7 Å².